The molecule has 4 aromatic rings. The minimum absolute atomic E-state index is 0.0177. The molecule has 0 aliphatic rings. The van der Waals surface area contributed by atoms with E-state index in [0.29, 0.717) is 30.2 Å². The van der Waals surface area contributed by atoms with Crippen molar-refractivity contribution in [1.29, 1.82) is 0 Å². The molecule has 4 rings (SSSR count). The second kappa shape index (κ2) is 16.6. The number of ether oxygens (including phenoxy) is 1. The zero-order chi connectivity index (χ0) is 32.9. The quantitative estimate of drug-likeness (QED) is 0.151. The minimum Gasteiger partial charge on any atom is -0.494 e. The molecule has 0 aliphatic heterocycles. The van der Waals surface area contributed by atoms with Gasteiger partial charge in [0.2, 0.25) is 11.8 Å². The number of nitrogens with one attached hydrogen (secondary N) is 1. The van der Waals surface area contributed by atoms with Crippen molar-refractivity contribution in [3.8, 4) is 5.75 Å². The average Bonchev–Trinajstić information content (AvgIpc) is 3.07. The molecule has 0 spiro atoms. The number of hydrogen-bond donors (Lipinski definition) is 1. The lowest BCUT2D eigenvalue weighted by molar-refractivity contribution is -0.140. The van der Waals surface area contributed by atoms with Crippen LogP contribution in [0.1, 0.15) is 37.8 Å². The van der Waals surface area contributed by atoms with E-state index in [1.165, 1.54) is 29.2 Å². The van der Waals surface area contributed by atoms with Gasteiger partial charge in [-0.3, -0.25) is 13.9 Å². The van der Waals surface area contributed by atoms with Gasteiger partial charge in [-0.05, 0) is 73.0 Å². The summed E-state index contributed by atoms with van der Waals surface area (Å²) in [5.74, 6) is -0.855. The zero-order valence-corrected chi connectivity index (χ0v) is 27.0. The average molecular weight is 646 g/mol. The number of rotatable bonds is 16. The topological polar surface area (TPSA) is 96.0 Å². The van der Waals surface area contributed by atoms with Crippen LogP contribution in [-0.4, -0.2) is 50.9 Å². The van der Waals surface area contributed by atoms with Crippen molar-refractivity contribution in [1.82, 2.24) is 10.2 Å². The van der Waals surface area contributed by atoms with Crippen molar-refractivity contribution >= 4 is 27.5 Å². The van der Waals surface area contributed by atoms with Crippen LogP contribution in [0.25, 0.3) is 0 Å². The Morgan fingerprint density at radius 1 is 0.826 bits per heavy atom. The fourth-order valence-electron chi connectivity index (χ4n) is 4.97. The largest absolute Gasteiger partial charge is 0.494 e. The fraction of sp³-hybridized carbons (Fsp3) is 0.278. The lowest BCUT2D eigenvalue weighted by atomic mass is 10.0. The highest BCUT2D eigenvalue weighted by Crippen LogP contribution is 2.26. The van der Waals surface area contributed by atoms with E-state index in [4.69, 9.17) is 4.74 Å². The maximum atomic E-state index is 14.4. The van der Waals surface area contributed by atoms with Gasteiger partial charge in [-0.2, -0.15) is 0 Å². The summed E-state index contributed by atoms with van der Waals surface area (Å²) in [5.41, 5.74) is 1.71. The molecule has 1 N–H and O–H groups in total. The summed E-state index contributed by atoms with van der Waals surface area (Å²) in [6.07, 6.45) is 1.83. The molecule has 0 aliphatic carbocycles. The third-order valence-electron chi connectivity index (χ3n) is 7.41. The van der Waals surface area contributed by atoms with Crippen molar-refractivity contribution < 1.29 is 27.1 Å². The van der Waals surface area contributed by atoms with Gasteiger partial charge in [0, 0.05) is 19.5 Å². The Hall–Kier alpha value is -4.70. The molecule has 242 valence electrons. The van der Waals surface area contributed by atoms with Crippen LogP contribution in [0.3, 0.4) is 0 Å². The number of halogens is 1. The molecule has 4 aromatic carbocycles. The number of para-hydroxylation sites is 1. The predicted molar refractivity (Wildman–Crippen MR) is 177 cm³/mol. The normalized spacial score (nSPS) is 11.8. The van der Waals surface area contributed by atoms with Crippen molar-refractivity contribution in [2.75, 3.05) is 24.0 Å². The van der Waals surface area contributed by atoms with E-state index in [9.17, 15) is 22.4 Å². The highest BCUT2D eigenvalue weighted by Gasteiger charge is 2.34. The molecule has 0 heterocycles. The first-order valence-corrected chi connectivity index (χ1v) is 16.8. The number of hydrogen-bond acceptors (Lipinski definition) is 5. The second-order valence-electron chi connectivity index (χ2n) is 10.7. The molecule has 2 amide bonds. The molecule has 0 saturated carbocycles. The number of sulfonamides is 1. The highest BCUT2D eigenvalue weighted by atomic mass is 32.2. The summed E-state index contributed by atoms with van der Waals surface area (Å²) in [4.78, 5) is 29.6. The van der Waals surface area contributed by atoms with E-state index in [1.807, 2.05) is 44.2 Å². The van der Waals surface area contributed by atoms with E-state index in [0.717, 1.165) is 22.7 Å². The van der Waals surface area contributed by atoms with Gasteiger partial charge in [0.25, 0.3) is 10.0 Å². The molecule has 8 nitrogen and oxygen atoms in total. The Morgan fingerprint density at radius 2 is 1.46 bits per heavy atom. The van der Waals surface area contributed by atoms with Gasteiger partial charge < -0.3 is 15.0 Å². The van der Waals surface area contributed by atoms with E-state index >= 15 is 0 Å². The fourth-order valence-corrected chi connectivity index (χ4v) is 6.39. The van der Waals surface area contributed by atoms with Gasteiger partial charge in [-0.15, -0.1) is 0 Å². The first kappa shape index (κ1) is 34.2. The van der Waals surface area contributed by atoms with Crippen molar-refractivity contribution in [2.24, 2.45) is 0 Å². The number of amides is 2. The molecule has 0 radical (unpaired) electrons. The van der Waals surface area contributed by atoms with Crippen LogP contribution in [0.4, 0.5) is 10.1 Å². The zero-order valence-electron chi connectivity index (χ0n) is 26.1. The Kier molecular flexibility index (Phi) is 12.3. The molecular weight excluding hydrogens is 605 g/mol. The standard InChI is InChI=1S/C36H40FN3O5S/c1-3-5-24-38-36(42)34(25-28-12-8-6-9-13-28)39(26-29-16-18-30(37)19-17-29)35(41)27-40(31-14-10-7-11-15-31)46(43,44)33-22-20-32(21-23-33)45-4-2/h6-23,34H,3-5,24-27H2,1-2H3,(H,38,42)/t34-/m0/s1. The first-order chi connectivity index (χ1) is 22.2. The molecular formula is C36H40FN3O5S. The monoisotopic (exact) mass is 645 g/mol. The first-order valence-electron chi connectivity index (χ1n) is 15.4. The number of carbonyl (C=O) groups is 2. The predicted octanol–water partition coefficient (Wildman–Crippen LogP) is 5.98. The van der Waals surface area contributed by atoms with E-state index < -0.39 is 34.3 Å². The SMILES string of the molecule is CCCCNC(=O)[C@H](Cc1ccccc1)N(Cc1ccc(F)cc1)C(=O)CN(c1ccccc1)S(=O)(=O)c1ccc(OCC)cc1. The van der Waals surface area contributed by atoms with E-state index in [2.05, 4.69) is 5.32 Å². The third-order valence-corrected chi connectivity index (χ3v) is 9.20. The summed E-state index contributed by atoms with van der Waals surface area (Å²) in [5, 5.41) is 2.95. The molecule has 0 aromatic heterocycles. The van der Waals surface area contributed by atoms with Gasteiger partial charge in [-0.1, -0.05) is 74.0 Å². The Bertz CT molecular complexity index is 1650. The molecule has 0 saturated heterocycles. The molecule has 0 unspecified atom stereocenters. The van der Waals surface area contributed by atoms with Crippen LogP contribution in [0.5, 0.6) is 5.75 Å². The van der Waals surface area contributed by atoms with Crippen LogP contribution in [0.15, 0.2) is 114 Å². The number of anilines is 1. The molecule has 1 atom stereocenters. The smallest absolute Gasteiger partial charge is 0.264 e. The van der Waals surface area contributed by atoms with Crippen LogP contribution >= 0.6 is 0 Å². The number of nitrogens with zero attached hydrogens (tertiary/aromatic N) is 2. The van der Waals surface area contributed by atoms with E-state index in [1.54, 1.807) is 54.6 Å². The molecule has 46 heavy (non-hydrogen) atoms. The number of carbonyl (C=O) groups excluding carboxylic acids is 2. The second-order valence-corrected chi connectivity index (χ2v) is 12.6. The maximum absolute atomic E-state index is 14.4. The third kappa shape index (κ3) is 9.17. The van der Waals surface area contributed by atoms with Gasteiger partial charge in [0.1, 0.15) is 24.2 Å². The van der Waals surface area contributed by atoms with Crippen molar-refractivity contribution in [2.45, 2.75) is 50.6 Å². The summed E-state index contributed by atoms with van der Waals surface area (Å²) in [7, 11) is -4.24. The lowest BCUT2D eigenvalue weighted by Gasteiger charge is -2.34. The van der Waals surface area contributed by atoms with Gasteiger partial charge in [-0.25, -0.2) is 12.8 Å². The van der Waals surface area contributed by atoms with Gasteiger partial charge in [0.15, 0.2) is 0 Å². The summed E-state index contributed by atoms with van der Waals surface area (Å²) in [6.45, 7) is 4.09. The Balaban J connectivity index is 1.75. The van der Waals surface area contributed by atoms with Crippen molar-refractivity contribution in [3.63, 3.8) is 0 Å². The van der Waals surface area contributed by atoms with Gasteiger partial charge >= 0.3 is 0 Å². The summed E-state index contributed by atoms with van der Waals surface area (Å²) >= 11 is 0. The Labute approximate surface area is 270 Å². The summed E-state index contributed by atoms with van der Waals surface area (Å²) in [6, 6.07) is 28.4. The molecule has 10 heteroatoms. The van der Waals surface area contributed by atoms with Crippen LogP contribution in [-0.2, 0) is 32.6 Å². The maximum Gasteiger partial charge on any atom is 0.264 e. The van der Waals surface area contributed by atoms with Crippen LogP contribution in [0, 0.1) is 5.82 Å². The highest BCUT2D eigenvalue weighted by molar-refractivity contribution is 7.92. The van der Waals surface area contributed by atoms with Crippen molar-refractivity contribution in [3.05, 3.63) is 126 Å². The molecule has 0 bridgehead atoms. The van der Waals surface area contributed by atoms with Crippen LogP contribution < -0.4 is 14.4 Å². The number of benzene rings is 4. The van der Waals surface area contributed by atoms with Gasteiger partial charge in [0.05, 0.1) is 17.2 Å². The molecule has 0 fully saturated rings. The lowest BCUT2D eigenvalue weighted by Crippen LogP contribution is -2.53. The van der Waals surface area contributed by atoms with Crippen LogP contribution in [0.2, 0.25) is 0 Å². The van der Waals surface area contributed by atoms with E-state index in [-0.39, 0.29) is 23.8 Å². The number of unbranched alkanes of at least 4 members (excludes halogenated alkanes) is 1. The summed E-state index contributed by atoms with van der Waals surface area (Å²) < 4.78 is 48.6. The minimum atomic E-state index is -4.24. The Morgan fingerprint density at radius 3 is 2.07 bits per heavy atom.